The first kappa shape index (κ1) is 15.3. The minimum Gasteiger partial charge on any atom is -0.406 e. The summed E-state index contributed by atoms with van der Waals surface area (Å²) in [4.78, 5) is 0. The van der Waals surface area contributed by atoms with Crippen LogP contribution in [0, 0.1) is 12.7 Å². The summed E-state index contributed by atoms with van der Waals surface area (Å²) in [5.41, 5.74) is 7.59. The van der Waals surface area contributed by atoms with Gasteiger partial charge in [0.15, 0.2) is 0 Å². The highest BCUT2D eigenvalue weighted by Gasteiger charge is 2.31. The van der Waals surface area contributed by atoms with E-state index in [1.54, 1.807) is 19.1 Å². The molecule has 1 unspecified atom stereocenters. The van der Waals surface area contributed by atoms with Gasteiger partial charge in [-0.25, -0.2) is 4.39 Å². The second kappa shape index (κ2) is 5.73. The van der Waals surface area contributed by atoms with Gasteiger partial charge in [0.2, 0.25) is 0 Å². The van der Waals surface area contributed by atoms with E-state index in [2.05, 4.69) is 4.74 Å². The van der Waals surface area contributed by atoms with Gasteiger partial charge in [0.05, 0.1) is 6.04 Å². The standard InChI is InChI=1S/C15H13F4NO/c1-9-2-7-13(16)12(8-9)14(20)10-3-5-11(6-4-10)21-15(17,18)19/h2-8,14H,20H2,1H3. The first-order valence-corrected chi connectivity index (χ1v) is 6.13. The zero-order chi connectivity index (χ0) is 15.6. The lowest BCUT2D eigenvalue weighted by molar-refractivity contribution is -0.274. The lowest BCUT2D eigenvalue weighted by Crippen LogP contribution is -2.17. The van der Waals surface area contributed by atoms with Gasteiger partial charge in [-0.1, -0.05) is 29.8 Å². The Hall–Kier alpha value is -2.08. The molecule has 0 spiro atoms. The second-order valence-electron chi connectivity index (χ2n) is 4.62. The molecule has 2 aromatic carbocycles. The number of rotatable bonds is 3. The van der Waals surface area contributed by atoms with E-state index in [0.29, 0.717) is 11.1 Å². The van der Waals surface area contributed by atoms with Crippen molar-refractivity contribution in [1.29, 1.82) is 0 Å². The van der Waals surface area contributed by atoms with Gasteiger partial charge in [-0.3, -0.25) is 0 Å². The van der Waals surface area contributed by atoms with Crippen LogP contribution >= 0.6 is 0 Å². The average Bonchev–Trinajstić information content (AvgIpc) is 2.40. The van der Waals surface area contributed by atoms with Crippen molar-refractivity contribution in [3.63, 3.8) is 0 Å². The number of aryl methyl sites for hydroxylation is 1. The summed E-state index contributed by atoms with van der Waals surface area (Å²) in [5.74, 6) is -0.799. The molecule has 0 saturated carbocycles. The van der Waals surface area contributed by atoms with Crippen LogP contribution in [0.2, 0.25) is 0 Å². The maximum absolute atomic E-state index is 13.8. The van der Waals surface area contributed by atoms with Gasteiger partial charge in [-0.2, -0.15) is 0 Å². The molecule has 2 aromatic rings. The van der Waals surface area contributed by atoms with Crippen molar-refractivity contribution in [3.05, 3.63) is 65.0 Å². The molecule has 21 heavy (non-hydrogen) atoms. The predicted octanol–water partition coefficient (Wildman–Crippen LogP) is 4.08. The summed E-state index contributed by atoms with van der Waals surface area (Å²) in [6.07, 6.45) is -4.74. The van der Waals surface area contributed by atoms with Crippen LogP contribution in [-0.2, 0) is 0 Å². The molecule has 6 heteroatoms. The molecule has 0 radical (unpaired) electrons. The quantitative estimate of drug-likeness (QED) is 0.867. The number of hydrogen-bond donors (Lipinski definition) is 1. The number of hydrogen-bond acceptors (Lipinski definition) is 2. The average molecular weight is 299 g/mol. The van der Waals surface area contributed by atoms with E-state index in [1.165, 1.54) is 18.2 Å². The summed E-state index contributed by atoms with van der Waals surface area (Å²) in [6.45, 7) is 1.80. The zero-order valence-corrected chi connectivity index (χ0v) is 11.1. The van der Waals surface area contributed by atoms with E-state index in [-0.39, 0.29) is 5.75 Å². The first-order valence-electron chi connectivity index (χ1n) is 6.13. The Morgan fingerprint density at radius 1 is 1.05 bits per heavy atom. The van der Waals surface area contributed by atoms with Gasteiger partial charge < -0.3 is 10.5 Å². The van der Waals surface area contributed by atoms with Crippen molar-refractivity contribution in [2.75, 3.05) is 0 Å². The van der Waals surface area contributed by atoms with Crippen LogP contribution < -0.4 is 10.5 Å². The molecular formula is C15H13F4NO. The molecule has 0 bridgehead atoms. The smallest absolute Gasteiger partial charge is 0.406 e. The van der Waals surface area contributed by atoms with Crippen molar-refractivity contribution in [1.82, 2.24) is 0 Å². The number of ether oxygens (including phenoxy) is 1. The largest absolute Gasteiger partial charge is 0.573 e. The molecule has 112 valence electrons. The van der Waals surface area contributed by atoms with Crippen LogP contribution in [-0.4, -0.2) is 6.36 Å². The molecule has 0 heterocycles. The molecule has 1 atom stereocenters. The van der Waals surface area contributed by atoms with Crippen LogP contribution in [0.5, 0.6) is 5.75 Å². The fourth-order valence-corrected chi connectivity index (χ4v) is 1.96. The molecule has 2 nitrogen and oxygen atoms in total. The van der Waals surface area contributed by atoms with Crippen molar-refractivity contribution in [3.8, 4) is 5.75 Å². The summed E-state index contributed by atoms with van der Waals surface area (Å²) >= 11 is 0. The molecule has 0 fully saturated rings. The van der Waals surface area contributed by atoms with E-state index < -0.39 is 18.2 Å². The van der Waals surface area contributed by atoms with Gasteiger partial charge in [0.25, 0.3) is 0 Å². The first-order chi connectivity index (χ1) is 9.76. The van der Waals surface area contributed by atoms with Crippen LogP contribution in [0.4, 0.5) is 17.6 Å². The maximum atomic E-state index is 13.8. The Labute approximate surface area is 119 Å². The highest BCUT2D eigenvalue weighted by atomic mass is 19.4. The summed E-state index contributed by atoms with van der Waals surface area (Å²) in [7, 11) is 0. The van der Waals surface area contributed by atoms with Gasteiger partial charge in [0.1, 0.15) is 11.6 Å². The van der Waals surface area contributed by atoms with Crippen LogP contribution in [0.3, 0.4) is 0 Å². The third-order valence-corrected chi connectivity index (χ3v) is 2.96. The molecule has 2 rings (SSSR count). The Kier molecular flexibility index (Phi) is 4.18. The molecule has 2 N–H and O–H groups in total. The Morgan fingerprint density at radius 2 is 1.67 bits per heavy atom. The van der Waals surface area contributed by atoms with Gasteiger partial charge >= 0.3 is 6.36 Å². The molecule has 0 aromatic heterocycles. The zero-order valence-electron chi connectivity index (χ0n) is 11.1. The summed E-state index contributed by atoms with van der Waals surface area (Å²) < 4.78 is 53.7. The molecule has 0 aliphatic heterocycles. The molecule has 0 saturated heterocycles. The minimum absolute atomic E-state index is 0.291. The fourth-order valence-electron chi connectivity index (χ4n) is 1.96. The highest BCUT2D eigenvalue weighted by molar-refractivity contribution is 5.37. The maximum Gasteiger partial charge on any atom is 0.573 e. The van der Waals surface area contributed by atoms with E-state index in [9.17, 15) is 17.6 Å². The van der Waals surface area contributed by atoms with Crippen molar-refractivity contribution < 1.29 is 22.3 Å². The highest BCUT2D eigenvalue weighted by Crippen LogP contribution is 2.27. The Balaban J connectivity index is 2.24. The topological polar surface area (TPSA) is 35.2 Å². The molecular weight excluding hydrogens is 286 g/mol. The second-order valence-corrected chi connectivity index (χ2v) is 4.62. The van der Waals surface area contributed by atoms with E-state index >= 15 is 0 Å². The van der Waals surface area contributed by atoms with Crippen LogP contribution in [0.1, 0.15) is 22.7 Å². The SMILES string of the molecule is Cc1ccc(F)c(C(N)c2ccc(OC(F)(F)F)cc2)c1. The van der Waals surface area contributed by atoms with Crippen molar-refractivity contribution in [2.24, 2.45) is 5.73 Å². The van der Waals surface area contributed by atoms with E-state index in [1.807, 2.05) is 0 Å². The minimum atomic E-state index is -4.74. The van der Waals surface area contributed by atoms with Crippen LogP contribution in [0.15, 0.2) is 42.5 Å². The van der Waals surface area contributed by atoms with Gasteiger partial charge in [-0.05, 0) is 30.7 Å². The molecule has 0 aliphatic carbocycles. The lowest BCUT2D eigenvalue weighted by atomic mass is 9.97. The van der Waals surface area contributed by atoms with E-state index in [4.69, 9.17) is 5.73 Å². The van der Waals surface area contributed by atoms with Crippen molar-refractivity contribution in [2.45, 2.75) is 19.3 Å². The lowest BCUT2D eigenvalue weighted by Gasteiger charge is -2.15. The third kappa shape index (κ3) is 3.95. The summed E-state index contributed by atoms with van der Waals surface area (Å²) in [5, 5.41) is 0. The van der Waals surface area contributed by atoms with Crippen LogP contribution in [0.25, 0.3) is 0 Å². The van der Waals surface area contributed by atoms with Gasteiger partial charge in [-0.15, -0.1) is 13.2 Å². The number of benzene rings is 2. The number of nitrogens with two attached hydrogens (primary N) is 1. The number of halogens is 4. The predicted molar refractivity (Wildman–Crippen MR) is 70.3 cm³/mol. The van der Waals surface area contributed by atoms with E-state index in [0.717, 1.165) is 17.7 Å². The van der Waals surface area contributed by atoms with Gasteiger partial charge in [0, 0.05) is 5.56 Å². The Morgan fingerprint density at radius 3 is 2.24 bits per heavy atom. The molecule has 0 aliphatic rings. The number of alkyl halides is 3. The third-order valence-electron chi connectivity index (χ3n) is 2.96. The monoisotopic (exact) mass is 299 g/mol. The van der Waals surface area contributed by atoms with Crippen molar-refractivity contribution >= 4 is 0 Å². The normalized spacial score (nSPS) is 13.0. The fraction of sp³-hybridized carbons (Fsp3) is 0.200. The molecule has 0 amide bonds. The Bertz CT molecular complexity index is 623. The summed E-state index contributed by atoms with van der Waals surface area (Å²) in [6, 6.07) is 8.84.